The van der Waals surface area contributed by atoms with Crippen LogP contribution in [0, 0.1) is 13.8 Å². The van der Waals surface area contributed by atoms with Crippen LogP contribution in [-0.2, 0) is 6.18 Å². The minimum Gasteiger partial charge on any atom is -0.410 e. The number of halogens is 3. The maximum atomic E-state index is 13.2. The number of ether oxygens (including phenoxy) is 1. The summed E-state index contributed by atoms with van der Waals surface area (Å²) in [6.45, 7) is 3.63. The van der Waals surface area contributed by atoms with E-state index in [0.717, 1.165) is 17.8 Å². The van der Waals surface area contributed by atoms with Crippen molar-refractivity contribution < 1.29 is 22.7 Å². The highest BCUT2D eigenvalue weighted by Gasteiger charge is 2.32. The highest BCUT2D eigenvalue weighted by atomic mass is 19.4. The topological polar surface area (TPSA) is 64.1 Å². The molecule has 4 aromatic rings. The van der Waals surface area contributed by atoms with Gasteiger partial charge in [-0.25, -0.2) is 9.78 Å². The maximum absolute atomic E-state index is 13.2. The zero-order valence-corrected chi connectivity index (χ0v) is 18.4. The van der Waals surface area contributed by atoms with Gasteiger partial charge in [0.15, 0.2) is 0 Å². The second-order valence-electron chi connectivity index (χ2n) is 7.67. The van der Waals surface area contributed by atoms with Crippen LogP contribution in [0.1, 0.15) is 16.8 Å². The lowest BCUT2D eigenvalue weighted by Crippen LogP contribution is -2.18. The maximum Gasteiger partial charge on any atom is 0.433 e. The Balaban J connectivity index is 1.73. The van der Waals surface area contributed by atoms with Crippen molar-refractivity contribution in [1.29, 1.82) is 0 Å². The summed E-state index contributed by atoms with van der Waals surface area (Å²) in [7, 11) is 0. The lowest BCUT2D eigenvalue weighted by molar-refractivity contribution is -0.141. The number of rotatable bonds is 4. The smallest absolute Gasteiger partial charge is 0.410 e. The first-order chi connectivity index (χ1) is 16.2. The Morgan fingerprint density at radius 3 is 2.26 bits per heavy atom. The van der Waals surface area contributed by atoms with Gasteiger partial charge in [-0.2, -0.15) is 13.2 Å². The molecular weight excluding hydrogens is 443 g/mol. The van der Waals surface area contributed by atoms with Gasteiger partial charge in [-0.15, -0.1) is 0 Å². The summed E-state index contributed by atoms with van der Waals surface area (Å²) in [5.74, 6) is 0.377. The molecule has 2 heterocycles. The fourth-order valence-corrected chi connectivity index (χ4v) is 3.40. The third-order valence-corrected chi connectivity index (χ3v) is 5.05. The molecule has 1 N–H and O–H groups in total. The van der Waals surface area contributed by atoms with Crippen molar-refractivity contribution in [1.82, 2.24) is 9.97 Å². The number of nitrogens with one attached hydrogen (secondary N) is 1. The summed E-state index contributed by atoms with van der Waals surface area (Å²) < 4.78 is 44.9. The van der Waals surface area contributed by atoms with E-state index >= 15 is 0 Å². The molecule has 0 aliphatic rings. The number of carbonyl (C=O) groups excluding carboxylic acids is 1. The molecule has 0 bridgehead atoms. The van der Waals surface area contributed by atoms with Crippen molar-refractivity contribution in [3.05, 3.63) is 95.8 Å². The Morgan fingerprint density at radius 2 is 1.59 bits per heavy atom. The average Bonchev–Trinajstić information content (AvgIpc) is 2.81. The Bertz CT molecular complexity index is 1320. The van der Waals surface area contributed by atoms with Crippen LogP contribution in [0.15, 0.2) is 79.0 Å². The van der Waals surface area contributed by atoms with E-state index < -0.39 is 18.0 Å². The first-order valence-electron chi connectivity index (χ1n) is 10.4. The van der Waals surface area contributed by atoms with Gasteiger partial charge in [0, 0.05) is 17.3 Å². The van der Waals surface area contributed by atoms with Crippen molar-refractivity contribution in [3.63, 3.8) is 0 Å². The molecule has 0 aliphatic carbocycles. The first kappa shape index (κ1) is 23.0. The first-order valence-corrected chi connectivity index (χ1v) is 10.4. The Morgan fingerprint density at radius 1 is 0.882 bits per heavy atom. The molecule has 0 aliphatic heterocycles. The quantitative estimate of drug-likeness (QED) is 0.352. The van der Waals surface area contributed by atoms with Crippen molar-refractivity contribution in [3.8, 4) is 28.3 Å². The second-order valence-corrected chi connectivity index (χ2v) is 7.67. The number of hydrogen-bond donors (Lipinski definition) is 1. The van der Waals surface area contributed by atoms with Crippen LogP contribution in [0.25, 0.3) is 22.5 Å². The van der Waals surface area contributed by atoms with Crippen LogP contribution < -0.4 is 10.1 Å². The second kappa shape index (κ2) is 9.35. The van der Waals surface area contributed by atoms with Gasteiger partial charge in [-0.1, -0.05) is 48.0 Å². The monoisotopic (exact) mass is 463 g/mol. The number of alkyl halides is 3. The molecule has 0 radical (unpaired) electrons. The number of aromatic nitrogens is 2. The molecule has 5 nitrogen and oxygen atoms in total. The van der Waals surface area contributed by atoms with Gasteiger partial charge in [0.2, 0.25) is 0 Å². The standard InChI is InChI=1S/C26H20F3N3O2/c1-16-8-10-20(11-9-16)34-25(33)31-21-14-17(2)23(32-24(21)18-6-4-3-5-7-18)19-12-13-30-22(15-19)26(27,28)29/h3-15H,1-2H3,(H,31,33). The van der Waals surface area contributed by atoms with Crippen molar-refractivity contribution in [2.24, 2.45) is 0 Å². The number of anilines is 1. The van der Waals surface area contributed by atoms with Gasteiger partial charge in [-0.3, -0.25) is 10.3 Å². The lowest BCUT2D eigenvalue weighted by atomic mass is 10.0. The lowest BCUT2D eigenvalue weighted by Gasteiger charge is -2.16. The number of amides is 1. The molecule has 0 unspecified atom stereocenters. The molecule has 0 fully saturated rings. The van der Waals surface area contributed by atoms with E-state index in [1.807, 2.05) is 25.1 Å². The fourth-order valence-electron chi connectivity index (χ4n) is 3.40. The molecule has 34 heavy (non-hydrogen) atoms. The highest BCUT2D eigenvalue weighted by molar-refractivity contribution is 5.92. The van der Waals surface area contributed by atoms with Gasteiger partial charge < -0.3 is 4.74 Å². The number of nitrogens with zero attached hydrogens (tertiary/aromatic N) is 2. The van der Waals surface area contributed by atoms with E-state index in [9.17, 15) is 18.0 Å². The van der Waals surface area contributed by atoms with Crippen LogP contribution in [0.3, 0.4) is 0 Å². The molecule has 0 saturated heterocycles. The molecule has 2 aromatic carbocycles. The number of hydrogen-bond acceptors (Lipinski definition) is 4. The normalized spacial score (nSPS) is 11.2. The van der Waals surface area contributed by atoms with Gasteiger partial charge in [0.1, 0.15) is 11.4 Å². The van der Waals surface area contributed by atoms with E-state index in [-0.39, 0.29) is 5.56 Å². The predicted octanol–water partition coefficient (Wildman–Crippen LogP) is 7.06. The van der Waals surface area contributed by atoms with E-state index in [2.05, 4.69) is 15.3 Å². The van der Waals surface area contributed by atoms with E-state index in [1.54, 1.807) is 49.4 Å². The molecule has 1 amide bonds. The third-order valence-electron chi connectivity index (χ3n) is 5.05. The highest BCUT2D eigenvalue weighted by Crippen LogP contribution is 2.35. The largest absolute Gasteiger partial charge is 0.433 e. The summed E-state index contributed by atoms with van der Waals surface area (Å²) in [5.41, 5.74) is 2.66. The zero-order valence-electron chi connectivity index (χ0n) is 18.4. The summed E-state index contributed by atoms with van der Waals surface area (Å²) in [6.07, 6.45) is -4.18. The van der Waals surface area contributed by atoms with E-state index in [0.29, 0.717) is 34.0 Å². The van der Waals surface area contributed by atoms with Crippen LogP contribution in [0.2, 0.25) is 0 Å². The van der Waals surface area contributed by atoms with Crippen molar-refractivity contribution in [2.75, 3.05) is 5.32 Å². The number of benzene rings is 2. The minimum atomic E-state index is -4.58. The number of pyridine rings is 2. The van der Waals surface area contributed by atoms with E-state index in [4.69, 9.17) is 4.74 Å². The molecule has 8 heteroatoms. The summed E-state index contributed by atoms with van der Waals surface area (Å²) in [4.78, 5) is 20.6. The van der Waals surface area contributed by atoms with Gasteiger partial charge in [-0.05, 0) is 49.7 Å². The van der Waals surface area contributed by atoms with E-state index in [1.165, 1.54) is 6.07 Å². The Hall–Kier alpha value is -4.20. The van der Waals surface area contributed by atoms with Crippen LogP contribution in [-0.4, -0.2) is 16.1 Å². The summed E-state index contributed by atoms with van der Waals surface area (Å²) >= 11 is 0. The van der Waals surface area contributed by atoms with Crippen LogP contribution >= 0.6 is 0 Å². The average molecular weight is 463 g/mol. The number of aryl methyl sites for hydroxylation is 2. The third kappa shape index (κ3) is 5.23. The molecule has 0 spiro atoms. The van der Waals surface area contributed by atoms with Crippen molar-refractivity contribution >= 4 is 11.8 Å². The van der Waals surface area contributed by atoms with Gasteiger partial charge >= 0.3 is 12.3 Å². The summed E-state index contributed by atoms with van der Waals surface area (Å²) in [5, 5.41) is 2.71. The zero-order chi connectivity index (χ0) is 24.3. The van der Waals surface area contributed by atoms with Gasteiger partial charge in [0.05, 0.1) is 17.1 Å². The Kier molecular flexibility index (Phi) is 6.32. The van der Waals surface area contributed by atoms with Crippen molar-refractivity contribution in [2.45, 2.75) is 20.0 Å². The fraction of sp³-hybridized carbons (Fsp3) is 0.115. The minimum absolute atomic E-state index is 0.269. The molecule has 0 saturated carbocycles. The van der Waals surface area contributed by atoms with Crippen LogP contribution in [0.5, 0.6) is 5.75 Å². The predicted molar refractivity (Wildman–Crippen MR) is 123 cm³/mol. The molecule has 2 aromatic heterocycles. The molecule has 4 rings (SSSR count). The molecular formula is C26H20F3N3O2. The molecule has 172 valence electrons. The SMILES string of the molecule is Cc1ccc(OC(=O)Nc2cc(C)c(-c3ccnc(C(F)(F)F)c3)nc2-c2ccccc2)cc1. The number of carbonyl (C=O) groups is 1. The Labute approximate surface area is 194 Å². The summed E-state index contributed by atoms with van der Waals surface area (Å²) in [6, 6.07) is 20.1. The molecule has 0 atom stereocenters. The van der Waals surface area contributed by atoms with Gasteiger partial charge in [0.25, 0.3) is 0 Å². The van der Waals surface area contributed by atoms with Crippen LogP contribution in [0.4, 0.5) is 23.7 Å².